The van der Waals surface area contributed by atoms with Gasteiger partial charge in [0.2, 0.25) is 11.7 Å². The highest BCUT2D eigenvalue weighted by atomic mass is 16.6. The number of aromatic nitrogens is 1. The summed E-state index contributed by atoms with van der Waals surface area (Å²) in [6, 6.07) is 2.73. The molecule has 0 aliphatic carbocycles. The van der Waals surface area contributed by atoms with Crippen LogP contribution in [0.15, 0.2) is 12.1 Å². The Bertz CT molecular complexity index is 507. The van der Waals surface area contributed by atoms with Gasteiger partial charge >= 0.3 is 11.7 Å². The van der Waals surface area contributed by atoms with Crippen molar-refractivity contribution in [3.8, 4) is 5.88 Å². The second-order valence-electron chi connectivity index (χ2n) is 4.18. The summed E-state index contributed by atoms with van der Waals surface area (Å²) in [5, 5.41) is 11.1. The van der Waals surface area contributed by atoms with Crippen molar-refractivity contribution >= 4 is 17.5 Å². The normalized spacial score (nSPS) is 10.0. The third-order valence-corrected chi connectivity index (χ3v) is 2.65. The maximum atomic E-state index is 11.6. The standard InChI is InChI=1S/C13H19N3O5/c1-4-8-15(9-12(17)21-5-2)13-10(16(18)19)6-7-11(14-13)20-3/h6-7H,4-5,8-9H2,1-3H3. The number of carbonyl (C=O) groups excluding carboxylic acids is 1. The summed E-state index contributed by atoms with van der Waals surface area (Å²) in [5.41, 5.74) is -0.173. The van der Waals surface area contributed by atoms with E-state index in [1.54, 1.807) is 6.92 Å². The molecule has 1 heterocycles. The fourth-order valence-electron chi connectivity index (χ4n) is 1.80. The highest BCUT2D eigenvalue weighted by Gasteiger charge is 2.24. The van der Waals surface area contributed by atoms with Gasteiger partial charge in [-0.05, 0) is 13.3 Å². The molecule has 0 bridgehead atoms. The number of rotatable bonds is 8. The predicted molar refractivity (Wildman–Crippen MR) is 76.6 cm³/mol. The molecule has 116 valence electrons. The fourth-order valence-corrected chi connectivity index (χ4v) is 1.80. The van der Waals surface area contributed by atoms with Crippen LogP contribution in [-0.2, 0) is 9.53 Å². The first-order valence-corrected chi connectivity index (χ1v) is 6.63. The largest absolute Gasteiger partial charge is 0.481 e. The van der Waals surface area contributed by atoms with Crippen LogP contribution in [0.2, 0.25) is 0 Å². The number of pyridine rings is 1. The second-order valence-corrected chi connectivity index (χ2v) is 4.18. The molecule has 0 N–H and O–H groups in total. The first kappa shape index (κ1) is 16.7. The third kappa shape index (κ3) is 4.59. The van der Waals surface area contributed by atoms with E-state index in [-0.39, 0.29) is 30.5 Å². The molecule has 1 rings (SSSR count). The van der Waals surface area contributed by atoms with Crippen LogP contribution < -0.4 is 9.64 Å². The number of esters is 1. The molecular weight excluding hydrogens is 278 g/mol. The second kappa shape index (κ2) is 8.03. The molecule has 0 radical (unpaired) electrons. The van der Waals surface area contributed by atoms with Crippen LogP contribution in [0.1, 0.15) is 20.3 Å². The molecule has 0 aliphatic heterocycles. The summed E-state index contributed by atoms with van der Waals surface area (Å²) in [7, 11) is 1.42. The number of carbonyl (C=O) groups is 1. The summed E-state index contributed by atoms with van der Waals surface area (Å²) in [6.07, 6.45) is 0.704. The zero-order chi connectivity index (χ0) is 15.8. The average Bonchev–Trinajstić information content (AvgIpc) is 2.46. The molecule has 8 heteroatoms. The Morgan fingerprint density at radius 2 is 2.14 bits per heavy atom. The summed E-state index contributed by atoms with van der Waals surface area (Å²) >= 11 is 0. The number of anilines is 1. The quantitative estimate of drug-likeness (QED) is 0.410. The van der Waals surface area contributed by atoms with Gasteiger partial charge in [-0.1, -0.05) is 6.92 Å². The highest BCUT2D eigenvalue weighted by Crippen LogP contribution is 2.28. The third-order valence-electron chi connectivity index (χ3n) is 2.65. The van der Waals surface area contributed by atoms with Crippen LogP contribution in [0.4, 0.5) is 11.5 Å². The van der Waals surface area contributed by atoms with E-state index in [0.29, 0.717) is 13.0 Å². The van der Waals surface area contributed by atoms with E-state index >= 15 is 0 Å². The van der Waals surface area contributed by atoms with Crippen molar-refractivity contribution in [3.63, 3.8) is 0 Å². The lowest BCUT2D eigenvalue weighted by atomic mass is 10.3. The van der Waals surface area contributed by atoms with Gasteiger partial charge in [0, 0.05) is 18.7 Å². The first-order chi connectivity index (χ1) is 10.0. The maximum Gasteiger partial charge on any atom is 0.325 e. The van der Waals surface area contributed by atoms with Crippen molar-refractivity contribution < 1.29 is 19.2 Å². The van der Waals surface area contributed by atoms with Crippen molar-refractivity contribution in [1.29, 1.82) is 0 Å². The number of ether oxygens (including phenoxy) is 2. The number of nitro groups is 1. The molecule has 0 unspecified atom stereocenters. The van der Waals surface area contributed by atoms with Crippen LogP contribution in [0, 0.1) is 10.1 Å². The first-order valence-electron chi connectivity index (χ1n) is 6.63. The summed E-state index contributed by atoms with van der Waals surface area (Å²) in [5.74, 6) is -0.0975. The Hall–Kier alpha value is -2.38. The van der Waals surface area contributed by atoms with Crippen molar-refractivity contribution in [3.05, 3.63) is 22.2 Å². The molecule has 0 saturated heterocycles. The summed E-state index contributed by atoms with van der Waals surface area (Å²) < 4.78 is 9.88. The van der Waals surface area contributed by atoms with Crippen LogP contribution in [-0.4, -0.2) is 42.7 Å². The van der Waals surface area contributed by atoms with Gasteiger partial charge in [0.15, 0.2) is 0 Å². The van der Waals surface area contributed by atoms with Gasteiger partial charge < -0.3 is 14.4 Å². The molecule has 0 atom stereocenters. The number of hydrogen-bond donors (Lipinski definition) is 0. The fraction of sp³-hybridized carbons (Fsp3) is 0.538. The van der Waals surface area contributed by atoms with Gasteiger partial charge in [-0.25, -0.2) is 0 Å². The lowest BCUT2D eigenvalue weighted by molar-refractivity contribution is -0.384. The zero-order valence-corrected chi connectivity index (χ0v) is 12.4. The van der Waals surface area contributed by atoms with E-state index in [4.69, 9.17) is 9.47 Å². The van der Waals surface area contributed by atoms with Gasteiger partial charge in [0.25, 0.3) is 0 Å². The Morgan fingerprint density at radius 3 is 2.67 bits per heavy atom. The van der Waals surface area contributed by atoms with Crippen molar-refractivity contribution in [2.45, 2.75) is 20.3 Å². The molecule has 8 nitrogen and oxygen atoms in total. The van der Waals surface area contributed by atoms with E-state index in [0.717, 1.165) is 0 Å². The smallest absolute Gasteiger partial charge is 0.325 e. The zero-order valence-electron chi connectivity index (χ0n) is 12.4. The topological polar surface area (TPSA) is 94.8 Å². The monoisotopic (exact) mass is 297 g/mol. The van der Waals surface area contributed by atoms with Crippen LogP contribution in [0.3, 0.4) is 0 Å². The summed E-state index contributed by atoms with van der Waals surface area (Å²) in [4.78, 5) is 27.9. The van der Waals surface area contributed by atoms with Crippen molar-refractivity contribution in [2.75, 3.05) is 31.7 Å². The van der Waals surface area contributed by atoms with E-state index < -0.39 is 10.9 Å². The molecule has 0 aliphatic rings. The van der Waals surface area contributed by atoms with Gasteiger partial charge in [-0.3, -0.25) is 14.9 Å². The van der Waals surface area contributed by atoms with Crippen LogP contribution in [0.25, 0.3) is 0 Å². The Morgan fingerprint density at radius 1 is 1.43 bits per heavy atom. The SMILES string of the molecule is CCCN(CC(=O)OCC)c1nc(OC)ccc1[N+](=O)[O-]. The van der Waals surface area contributed by atoms with E-state index in [2.05, 4.69) is 4.98 Å². The molecular formula is C13H19N3O5. The Kier molecular flexibility index (Phi) is 6.38. The molecule has 0 aromatic carbocycles. The minimum Gasteiger partial charge on any atom is -0.481 e. The van der Waals surface area contributed by atoms with Crippen LogP contribution in [0.5, 0.6) is 5.88 Å². The molecule has 0 saturated carbocycles. The van der Waals surface area contributed by atoms with E-state index in [1.165, 1.54) is 24.1 Å². The van der Waals surface area contributed by atoms with Crippen LogP contribution >= 0.6 is 0 Å². The molecule has 0 spiro atoms. The minimum atomic E-state index is -0.532. The highest BCUT2D eigenvalue weighted by molar-refractivity contribution is 5.76. The molecule has 1 aromatic rings. The number of methoxy groups -OCH3 is 1. The minimum absolute atomic E-state index is 0.0946. The number of hydrogen-bond acceptors (Lipinski definition) is 7. The average molecular weight is 297 g/mol. The Labute approximate surface area is 122 Å². The van der Waals surface area contributed by atoms with Gasteiger partial charge in [0.1, 0.15) is 6.54 Å². The van der Waals surface area contributed by atoms with E-state index in [9.17, 15) is 14.9 Å². The molecule has 0 amide bonds. The lowest BCUT2D eigenvalue weighted by Gasteiger charge is -2.22. The van der Waals surface area contributed by atoms with Crippen molar-refractivity contribution in [1.82, 2.24) is 4.98 Å². The summed E-state index contributed by atoms with van der Waals surface area (Å²) in [6.45, 7) is 4.22. The Balaban J connectivity index is 3.15. The molecule has 0 fully saturated rings. The van der Waals surface area contributed by atoms with Gasteiger partial charge in [0.05, 0.1) is 18.6 Å². The van der Waals surface area contributed by atoms with Gasteiger partial charge in [-0.2, -0.15) is 4.98 Å². The maximum absolute atomic E-state index is 11.6. The number of nitrogens with zero attached hydrogens (tertiary/aromatic N) is 3. The van der Waals surface area contributed by atoms with Crippen molar-refractivity contribution in [2.24, 2.45) is 0 Å². The molecule has 21 heavy (non-hydrogen) atoms. The lowest BCUT2D eigenvalue weighted by Crippen LogP contribution is -2.33. The molecule has 1 aromatic heterocycles. The van der Waals surface area contributed by atoms with Gasteiger partial charge in [-0.15, -0.1) is 0 Å². The van der Waals surface area contributed by atoms with E-state index in [1.807, 2.05) is 6.92 Å². The predicted octanol–water partition coefficient (Wildman–Crippen LogP) is 1.78.